The molecule has 5 nitrogen and oxygen atoms in total. The third-order valence-electron chi connectivity index (χ3n) is 6.57. The molecule has 0 amide bonds. The molecule has 0 bridgehead atoms. The average Bonchev–Trinajstić information content (AvgIpc) is 2.79. The Labute approximate surface area is 212 Å². The maximum Gasteiger partial charge on any atom is 0.102 e. The second kappa shape index (κ2) is 28.3. The normalized spacial score (nSPS) is 11.6. The number of hydrogen-bond donors (Lipinski definition) is 2. The lowest BCUT2D eigenvalue weighted by molar-refractivity contribution is -0.910. The molecule has 0 aromatic heterocycles. The number of likely N-dealkylation sites (N-methyl/N-ethyl adjacent to an activating group) is 1. The zero-order valence-corrected chi connectivity index (χ0v) is 23.0. The largest absolute Gasteiger partial charge is 1.00 e. The maximum atomic E-state index is 8.88. The lowest BCUT2D eigenvalue weighted by Gasteiger charge is -2.34. The van der Waals surface area contributed by atoms with Crippen LogP contribution in [0.25, 0.3) is 0 Å². The van der Waals surface area contributed by atoms with Crippen LogP contribution in [0.15, 0.2) is 0 Å². The van der Waals surface area contributed by atoms with E-state index in [-0.39, 0.29) is 25.6 Å². The summed E-state index contributed by atoms with van der Waals surface area (Å²) >= 11 is 0. The van der Waals surface area contributed by atoms with E-state index < -0.39 is 0 Å². The van der Waals surface area contributed by atoms with Crippen LogP contribution in [0, 0.1) is 0 Å². The van der Waals surface area contributed by atoms with Gasteiger partial charge in [0, 0.05) is 0 Å². The molecule has 0 rings (SSSR count). The van der Waals surface area contributed by atoms with Gasteiger partial charge in [0.2, 0.25) is 0 Å². The molecule has 0 radical (unpaired) electrons. The Morgan fingerprint density at radius 2 is 0.818 bits per heavy atom. The highest BCUT2D eigenvalue weighted by molar-refractivity contribution is 4.51. The molecule has 2 N–H and O–H groups in total. The van der Waals surface area contributed by atoms with Gasteiger partial charge in [-0.1, -0.05) is 96.8 Å². The van der Waals surface area contributed by atoms with Gasteiger partial charge in [0.15, 0.2) is 0 Å². The summed E-state index contributed by atoms with van der Waals surface area (Å²) in [5.41, 5.74) is 0. The molecule has 0 heterocycles. The molecule has 0 atom stereocenters. The summed E-state index contributed by atoms with van der Waals surface area (Å²) in [4.78, 5) is 0. The molecule has 0 aliphatic rings. The monoisotopic (exact) mass is 495 g/mol. The number of hydrogen-bond acceptors (Lipinski definition) is 4. The molecule has 0 fully saturated rings. The van der Waals surface area contributed by atoms with Crippen LogP contribution >= 0.6 is 0 Å². The van der Waals surface area contributed by atoms with Crippen molar-refractivity contribution >= 4 is 0 Å². The Morgan fingerprint density at radius 3 is 1.15 bits per heavy atom. The number of unbranched alkanes of at least 4 members (excludes halogenated alkanes) is 15. The van der Waals surface area contributed by atoms with Crippen molar-refractivity contribution in [3.8, 4) is 0 Å². The number of ether oxygens (including phenoxy) is 2. The molecule has 0 aliphatic carbocycles. The standard InChI is InChI=1S/C27H58NO4.ClH/c1-3-4-5-6-7-8-9-10-11-12-13-14-15-16-17-18-19-28(2,20-24-31-26-22-29)21-25-32-27-23-30;/h29-30H,3-27H2,1-2H3;1H/q+1;/p-1. The minimum absolute atomic E-state index is 0. The number of aliphatic hydroxyl groups is 2. The fourth-order valence-corrected chi connectivity index (χ4v) is 4.28. The van der Waals surface area contributed by atoms with Gasteiger partial charge in [-0.2, -0.15) is 0 Å². The number of quaternary nitrogens is 1. The lowest BCUT2D eigenvalue weighted by Crippen LogP contribution is -3.00. The van der Waals surface area contributed by atoms with Crippen molar-refractivity contribution in [2.45, 2.75) is 110 Å². The molecule has 202 valence electrons. The fraction of sp³-hybridized carbons (Fsp3) is 1.00. The van der Waals surface area contributed by atoms with Gasteiger partial charge in [-0.05, 0) is 12.8 Å². The van der Waals surface area contributed by atoms with E-state index in [1.807, 2.05) is 0 Å². The van der Waals surface area contributed by atoms with Gasteiger partial charge in [-0.25, -0.2) is 0 Å². The predicted molar refractivity (Wildman–Crippen MR) is 136 cm³/mol. The Hall–Kier alpha value is 0.0900. The first-order chi connectivity index (χ1) is 15.7. The van der Waals surface area contributed by atoms with Crippen molar-refractivity contribution in [1.29, 1.82) is 0 Å². The predicted octanol–water partition coefficient (Wildman–Crippen LogP) is 2.72. The fourth-order valence-electron chi connectivity index (χ4n) is 4.28. The molecule has 0 aromatic rings. The van der Waals surface area contributed by atoms with E-state index in [0.717, 1.165) is 24.1 Å². The van der Waals surface area contributed by atoms with E-state index in [1.54, 1.807) is 0 Å². The third kappa shape index (κ3) is 26.5. The van der Waals surface area contributed by atoms with Gasteiger partial charge in [-0.15, -0.1) is 0 Å². The number of halogens is 1. The van der Waals surface area contributed by atoms with Crippen LogP contribution in [0.4, 0.5) is 0 Å². The lowest BCUT2D eigenvalue weighted by atomic mass is 10.0. The van der Waals surface area contributed by atoms with Crippen molar-refractivity contribution < 1.29 is 36.6 Å². The van der Waals surface area contributed by atoms with Crippen LogP contribution in [-0.2, 0) is 9.47 Å². The van der Waals surface area contributed by atoms with Gasteiger partial charge >= 0.3 is 0 Å². The smallest absolute Gasteiger partial charge is 0.102 e. The SMILES string of the molecule is CCCCCCCCCCCCCCCCCC[N+](C)(CCOCCO)CCOCCO.[Cl-]. The molecular formula is C27H58ClNO4. The number of aliphatic hydroxyl groups excluding tert-OH is 2. The van der Waals surface area contributed by atoms with Gasteiger partial charge in [-0.3, -0.25) is 0 Å². The zero-order valence-electron chi connectivity index (χ0n) is 22.2. The average molecular weight is 496 g/mol. The van der Waals surface area contributed by atoms with Crippen LogP contribution in [0.1, 0.15) is 110 Å². The Bertz CT molecular complexity index is 349. The summed E-state index contributed by atoms with van der Waals surface area (Å²) in [6.45, 7) is 7.68. The van der Waals surface area contributed by atoms with Crippen LogP contribution in [-0.4, -0.2) is 81.0 Å². The summed E-state index contributed by atoms with van der Waals surface area (Å²) in [5, 5.41) is 17.8. The molecular weight excluding hydrogens is 438 g/mol. The van der Waals surface area contributed by atoms with Crippen molar-refractivity contribution in [2.24, 2.45) is 0 Å². The zero-order chi connectivity index (χ0) is 23.6. The molecule has 0 aliphatic heterocycles. The molecule has 0 unspecified atom stereocenters. The van der Waals surface area contributed by atoms with Gasteiger partial charge in [0.25, 0.3) is 0 Å². The molecule has 0 spiro atoms. The quantitative estimate of drug-likeness (QED) is 0.136. The highest BCUT2D eigenvalue weighted by atomic mass is 35.5. The molecule has 0 saturated carbocycles. The van der Waals surface area contributed by atoms with E-state index in [1.165, 1.54) is 103 Å². The van der Waals surface area contributed by atoms with E-state index >= 15 is 0 Å². The van der Waals surface area contributed by atoms with E-state index in [2.05, 4.69) is 14.0 Å². The first kappa shape index (κ1) is 35.3. The van der Waals surface area contributed by atoms with Crippen LogP contribution in [0.2, 0.25) is 0 Å². The minimum atomic E-state index is 0. The summed E-state index contributed by atoms with van der Waals surface area (Å²) in [7, 11) is 2.27. The van der Waals surface area contributed by atoms with Crippen LogP contribution in [0.3, 0.4) is 0 Å². The Morgan fingerprint density at radius 1 is 0.485 bits per heavy atom. The van der Waals surface area contributed by atoms with E-state index in [0.29, 0.717) is 26.4 Å². The Balaban J connectivity index is 0. The third-order valence-corrected chi connectivity index (χ3v) is 6.57. The summed E-state index contributed by atoms with van der Waals surface area (Å²) in [6, 6.07) is 0. The highest BCUT2D eigenvalue weighted by Crippen LogP contribution is 2.14. The first-order valence-electron chi connectivity index (χ1n) is 13.9. The van der Waals surface area contributed by atoms with Crippen molar-refractivity contribution in [2.75, 3.05) is 66.3 Å². The van der Waals surface area contributed by atoms with E-state index in [9.17, 15) is 0 Å². The second-order valence-corrected chi connectivity index (χ2v) is 9.77. The van der Waals surface area contributed by atoms with E-state index in [4.69, 9.17) is 19.7 Å². The first-order valence-corrected chi connectivity index (χ1v) is 13.9. The molecule has 33 heavy (non-hydrogen) atoms. The molecule has 0 saturated heterocycles. The number of nitrogens with zero attached hydrogens (tertiary/aromatic N) is 1. The van der Waals surface area contributed by atoms with Gasteiger partial charge in [0.05, 0.1) is 53.2 Å². The second-order valence-electron chi connectivity index (χ2n) is 9.77. The molecule has 0 aromatic carbocycles. The minimum Gasteiger partial charge on any atom is -1.00 e. The van der Waals surface area contributed by atoms with Gasteiger partial charge < -0.3 is 36.6 Å². The highest BCUT2D eigenvalue weighted by Gasteiger charge is 2.20. The van der Waals surface area contributed by atoms with Crippen LogP contribution in [0.5, 0.6) is 0 Å². The van der Waals surface area contributed by atoms with Crippen molar-refractivity contribution in [1.82, 2.24) is 0 Å². The topological polar surface area (TPSA) is 58.9 Å². The Kier molecular flexibility index (Phi) is 30.3. The van der Waals surface area contributed by atoms with Gasteiger partial charge in [0.1, 0.15) is 13.1 Å². The van der Waals surface area contributed by atoms with Crippen LogP contribution < -0.4 is 12.4 Å². The number of rotatable bonds is 27. The summed E-state index contributed by atoms with van der Waals surface area (Å²) in [6.07, 6.45) is 22.4. The maximum absolute atomic E-state index is 8.88. The summed E-state index contributed by atoms with van der Waals surface area (Å²) in [5.74, 6) is 0. The van der Waals surface area contributed by atoms with Crippen molar-refractivity contribution in [3.05, 3.63) is 0 Å². The van der Waals surface area contributed by atoms with Crippen molar-refractivity contribution in [3.63, 3.8) is 0 Å². The summed E-state index contributed by atoms with van der Waals surface area (Å²) < 4.78 is 11.9. The molecule has 6 heteroatoms.